The van der Waals surface area contributed by atoms with Crippen LogP contribution in [0, 0.1) is 0 Å². The predicted octanol–water partition coefficient (Wildman–Crippen LogP) is 1.45. The molecule has 6 heteroatoms. The number of anilines is 1. The van der Waals surface area contributed by atoms with Crippen molar-refractivity contribution in [1.29, 1.82) is 0 Å². The third-order valence-corrected chi connectivity index (χ3v) is 2.52. The van der Waals surface area contributed by atoms with E-state index in [-0.39, 0.29) is 0 Å². The van der Waals surface area contributed by atoms with Crippen molar-refractivity contribution in [2.75, 3.05) is 5.01 Å². The lowest BCUT2D eigenvalue weighted by Gasteiger charge is -2.18. The number of rotatable bonds is 2. The van der Waals surface area contributed by atoms with E-state index in [1.807, 2.05) is 0 Å². The molecule has 1 aromatic rings. The van der Waals surface area contributed by atoms with Gasteiger partial charge in [0, 0.05) is 12.6 Å². The van der Waals surface area contributed by atoms with E-state index in [9.17, 15) is 4.79 Å². The van der Waals surface area contributed by atoms with Gasteiger partial charge in [-0.3, -0.25) is 0 Å². The zero-order chi connectivity index (χ0) is 10.8. The molecule has 15 heavy (non-hydrogen) atoms. The van der Waals surface area contributed by atoms with Gasteiger partial charge in [0.25, 0.3) is 0 Å². The molecule has 1 aromatic heterocycles. The summed E-state index contributed by atoms with van der Waals surface area (Å²) in [6.45, 7) is 0. The van der Waals surface area contributed by atoms with Crippen molar-refractivity contribution in [1.82, 2.24) is 4.98 Å². The quantitative estimate of drug-likeness (QED) is 0.883. The van der Waals surface area contributed by atoms with Gasteiger partial charge in [0.15, 0.2) is 6.04 Å². The van der Waals surface area contributed by atoms with Crippen molar-refractivity contribution in [3.8, 4) is 0 Å². The molecular formula is C9H8BrN3O2. The van der Waals surface area contributed by atoms with Gasteiger partial charge in [-0.25, -0.2) is 14.8 Å². The molecule has 0 spiro atoms. The molecular weight excluding hydrogens is 262 g/mol. The summed E-state index contributed by atoms with van der Waals surface area (Å²) < 4.78 is 0.626. The third kappa shape index (κ3) is 1.99. The van der Waals surface area contributed by atoms with Crippen LogP contribution in [0.1, 0.15) is 6.42 Å². The molecule has 0 radical (unpaired) electrons. The number of carboxylic acids is 1. The molecule has 1 N–H and O–H groups in total. The lowest BCUT2D eigenvalue weighted by atomic mass is 10.2. The van der Waals surface area contributed by atoms with Gasteiger partial charge in [0.2, 0.25) is 0 Å². The number of hydrazone groups is 1. The lowest BCUT2D eigenvalue weighted by Crippen LogP contribution is -2.34. The van der Waals surface area contributed by atoms with E-state index in [1.54, 1.807) is 24.4 Å². The minimum Gasteiger partial charge on any atom is -0.480 e. The molecule has 2 heterocycles. The number of carbonyl (C=O) groups is 1. The molecule has 2 rings (SSSR count). The zero-order valence-electron chi connectivity index (χ0n) is 7.67. The Labute approximate surface area is 94.6 Å². The topological polar surface area (TPSA) is 65.8 Å². The average molecular weight is 270 g/mol. The van der Waals surface area contributed by atoms with E-state index in [0.717, 1.165) is 0 Å². The first-order chi connectivity index (χ1) is 7.18. The van der Waals surface area contributed by atoms with Crippen LogP contribution in [0.25, 0.3) is 0 Å². The summed E-state index contributed by atoms with van der Waals surface area (Å²) >= 11 is 3.20. The van der Waals surface area contributed by atoms with Gasteiger partial charge in [-0.05, 0) is 28.1 Å². The Morgan fingerprint density at radius 1 is 1.60 bits per heavy atom. The van der Waals surface area contributed by atoms with Crippen LogP contribution in [0.5, 0.6) is 0 Å². The Morgan fingerprint density at radius 3 is 3.00 bits per heavy atom. The summed E-state index contributed by atoms with van der Waals surface area (Å²) in [5.41, 5.74) is 0. The van der Waals surface area contributed by atoms with Crippen molar-refractivity contribution in [3.63, 3.8) is 0 Å². The highest BCUT2D eigenvalue weighted by Crippen LogP contribution is 2.24. The fraction of sp³-hybridized carbons (Fsp3) is 0.222. The summed E-state index contributed by atoms with van der Waals surface area (Å²) in [6.07, 6.45) is 1.97. The van der Waals surface area contributed by atoms with Crippen LogP contribution >= 0.6 is 15.9 Å². The van der Waals surface area contributed by atoms with Crippen molar-refractivity contribution in [2.45, 2.75) is 12.5 Å². The molecule has 0 saturated carbocycles. The molecule has 0 amide bonds. The van der Waals surface area contributed by atoms with Crippen molar-refractivity contribution < 1.29 is 9.90 Å². The maximum Gasteiger partial charge on any atom is 0.329 e. The van der Waals surface area contributed by atoms with Gasteiger partial charge < -0.3 is 5.11 Å². The molecule has 1 aliphatic heterocycles. The largest absolute Gasteiger partial charge is 0.480 e. The zero-order valence-corrected chi connectivity index (χ0v) is 9.25. The molecule has 1 atom stereocenters. The van der Waals surface area contributed by atoms with Crippen molar-refractivity contribution >= 4 is 32.3 Å². The smallest absolute Gasteiger partial charge is 0.329 e. The van der Waals surface area contributed by atoms with E-state index in [1.165, 1.54) is 5.01 Å². The Hall–Kier alpha value is -1.43. The van der Waals surface area contributed by atoms with E-state index < -0.39 is 12.0 Å². The molecule has 5 nitrogen and oxygen atoms in total. The Bertz CT molecular complexity index is 407. The second-order valence-corrected chi connectivity index (χ2v) is 3.98. The summed E-state index contributed by atoms with van der Waals surface area (Å²) in [7, 11) is 0. The SMILES string of the molecule is O=C(O)C1CC(Br)=NN1c1ccccn1. The highest BCUT2D eigenvalue weighted by molar-refractivity contribution is 9.18. The standard InChI is InChI=1S/C9H8BrN3O2/c10-7-5-6(9(14)15)13(12-7)8-3-1-2-4-11-8/h1-4,6H,5H2,(H,14,15). The van der Waals surface area contributed by atoms with Crippen LogP contribution in [0.15, 0.2) is 29.5 Å². The summed E-state index contributed by atoms with van der Waals surface area (Å²) in [5, 5.41) is 14.5. The second-order valence-electron chi connectivity index (χ2n) is 3.07. The first-order valence-electron chi connectivity index (χ1n) is 4.34. The first-order valence-corrected chi connectivity index (χ1v) is 5.14. The summed E-state index contributed by atoms with van der Waals surface area (Å²) in [6, 6.07) is 4.62. The number of hydrogen-bond acceptors (Lipinski definition) is 4. The lowest BCUT2D eigenvalue weighted by molar-refractivity contribution is -0.138. The van der Waals surface area contributed by atoms with Gasteiger partial charge in [-0.1, -0.05) is 6.07 Å². The maximum atomic E-state index is 11.0. The Balaban J connectivity index is 2.31. The number of pyridine rings is 1. The van der Waals surface area contributed by atoms with Crippen LogP contribution in [-0.4, -0.2) is 26.7 Å². The van der Waals surface area contributed by atoms with Gasteiger partial charge in [-0.15, -0.1) is 0 Å². The summed E-state index contributed by atoms with van der Waals surface area (Å²) in [5.74, 6) is -0.363. The number of nitrogens with zero attached hydrogens (tertiary/aromatic N) is 3. The monoisotopic (exact) mass is 269 g/mol. The van der Waals surface area contributed by atoms with E-state index in [2.05, 4.69) is 26.0 Å². The summed E-state index contributed by atoms with van der Waals surface area (Å²) in [4.78, 5) is 15.0. The van der Waals surface area contributed by atoms with Crippen LogP contribution in [0.4, 0.5) is 5.82 Å². The normalized spacial score (nSPS) is 20.2. The van der Waals surface area contributed by atoms with Gasteiger partial charge >= 0.3 is 5.97 Å². The van der Waals surface area contributed by atoms with Crippen molar-refractivity contribution in [2.24, 2.45) is 5.10 Å². The van der Waals surface area contributed by atoms with Crippen LogP contribution < -0.4 is 5.01 Å². The van der Waals surface area contributed by atoms with Gasteiger partial charge in [0.05, 0.1) is 0 Å². The minimum atomic E-state index is -0.904. The minimum absolute atomic E-state index is 0.367. The number of carboxylic acid groups (broad SMARTS) is 1. The molecule has 1 unspecified atom stereocenters. The average Bonchev–Trinajstić information content (AvgIpc) is 2.62. The fourth-order valence-electron chi connectivity index (χ4n) is 1.37. The van der Waals surface area contributed by atoms with Crippen LogP contribution in [-0.2, 0) is 4.79 Å². The van der Waals surface area contributed by atoms with Gasteiger partial charge in [-0.2, -0.15) is 5.10 Å². The first kappa shape index (κ1) is 10.1. The Kier molecular flexibility index (Phi) is 2.68. The van der Waals surface area contributed by atoms with Gasteiger partial charge in [0.1, 0.15) is 10.4 Å². The molecule has 0 aliphatic carbocycles. The molecule has 1 aliphatic rings. The second kappa shape index (κ2) is 3.98. The number of aliphatic carboxylic acids is 1. The van der Waals surface area contributed by atoms with E-state index in [4.69, 9.17) is 5.11 Å². The molecule has 78 valence electrons. The number of hydrogen-bond donors (Lipinski definition) is 1. The number of aromatic nitrogens is 1. The van der Waals surface area contributed by atoms with E-state index >= 15 is 0 Å². The number of halogens is 1. The molecule has 0 saturated heterocycles. The molecule has 0 bridgehead atoms. The highest BCUT2D eigenvalue weighted by atomic mass is 79.9. The third-order valence-electron chi connectivity index (χ3n) is 2.04. The van der Waals surface area contributed by atoms with Crippen LogP contribution in [0.3, 0.4) is 0 Å². The Morgan fingerprint density at radius 2 is 2.40 bits per heavy atom. The highest BCUT2D eigenvalue weighted by Gasteiger charge is 2.33. The molecule has 0 aromatic carbocycles. The van der Waals surface area contributed by atoms with Crippen molar-refractivity contribution in [3.05, 3.63) is 24.4 Å². The van der Waals surface area contributed by atoms with E-state index in [0.29, 0.717) is 16.9 Å². The fourth-order valence-corrected chi connectivity index (χ4v) is 1.84. The predicted molar refractivity (Wildman–Crippen MR) is 59.1 cm³/mol. The molecule has 0 fully saturated rings. The maximum absolute atomic E-state index is 11.0. The van der Waals surface area contributed by atoms with Crippen LogP contribution in [0.2, 0.25) is 0 Å².